The van der Waals surface area contributed by atoms with Crippen molar-refractivity contribution < 1.29 is 9.90 Å². The predicted octanol–water partition coefficient (Wildman–Crippen LogP) is 3.53. The zero-order valence-corrected chi connectivity index (χ0v) is 16.0. The molecule has 0 saturated carbocycles. The fourth-order valence-corrected chi connectivity index (χ4v) is 4.44. The summed E-state index contributed by atoms with van der Waals surface area (Å²) in [5.41, 5.74) is 1.84. The summed E-state index contributed by atoms with van der Waals surface area (Å²) < 4.78 is 1.27. The van der Waals surface area contributed by atoms with Crippen LogP contribution in [-0.2, 0) is 6.42 Å². The standard InChI is InChI=1S/C22H24O2Se/c1-3-10-21(23)17(4-2)15-16-18-11-8-9-14-20(18)22(24)25-19-12-6-5-7-13-19/h3-9,11-14,17,21,23H,1-2,10,15-16H2/t17-,21-/m0/s1. The Hall–Kier alpha value is -1.93. The first kappa shape index (κ1) is 19.4. The third-order valence-electron chi connectivity index (χ3n) is 4.14. The van der Waals surface area contributed by atoms with E-state index in [-0.39, 0.29) is 25.6 Å². The molecular formula is C22H24O2Se. The molecule has 0 heterocycles. The Balaban J connectivity index is 2.08. The Labute approximate surface area is 156 Å². The van der Waals surface area contributed by atoms with Gasteiger partial charge in [-0.15, -0.1) is 0 Å². The first-order valence-corrected chi connectivity index (χ1v) is 10.1. The Morgan fingerprint density at radius 2 is 1.76 bits per heavy atom. The van der Waals surface area contributed by atoms with Gasteiger partial charge >= 0.3 is 156 Å². The van der Waals surface area contributed by atoms with Gasteiger partial charge in [-0.05, 0) is 0 Å². The van der Waals surface area contributed by atoms with Crippen LogP contribution >= 0.6 is 0 Å². The monoisotopic (exact) mass is 400 g/mol. The van der Waals surface area contributed by atoms with Crippen LogP contribution < -0.4 is 4.46 Å². The number of aliphatic hydroxyl groups excluding tert-OH is 1. The van der Waals surface area contributed by atoms with Crippen LogP contribution in [0.3, 0.4) is 0 Å². The summed E-state index contributed by atoms with van der Waals surface area (Å²) in [5.74, 6) is 0.000733. The van der Waals surface area contributed by atoms with Gasteiger partial charge in [-0.3, -0.25) is 0 Å². The van der Waals surface area contributed by atoms with Crippen molar-refractivity contribution in [2.45, 2.75) is 25.4 Å². The third-order valence-corrected chi connectivity index (χ3v) is 6.06. The van der Waals surface area contributed by atoms with Crippen molar-refractivity contribution in [3.05, 3.63) is 91.0 Å². The molecule has 2 rings (SSSR count). The molecule has 2 aromatic carbocycles. The molecule has 2 atom stereocenters. The summed E-state index contributed by atoms with van der Waals surface area (Å²) in [4.78, 5) is 12.7. The molecule has 0 fully saturated rings. The van der Waals surface area contributed by atoms with Crippen LogP contribution in [0.2, 0.25) is 0 Å². The molecule has 130 valence electrons. The zero-order valence-electron chi connectivity index (χ0n) is 14.3. The molecule has 0 amide bonds. The summed E-state index contributed by atoms with van der Waals surface area (Å²) in [6, 6.07) is 17.7. The maximum atomic E-state index is 12.7. The number of carbonyl (C=O) groups excluding carboxylic acids is 1. The minimum absolute atomic E-state index is 0.000733. The van der Waals surface area contributed by atoms with Crippen molar-refractivity contribution in [2.75, 3.05) is 0 Å². The molecule has 25 heavy (non-hydrogen) atoms. The average molecular weight is 399 g/mol. The van der Waals surface area contributed by atoms with E-state index in [9.17, 15) is 9.90 Å². The first-order chi connectivity index (χ1) is 12.2. The minimum atomic E-state index is -0.466. The predicted molar refractivity (Wildman–Crippen MR) is 105 cm³/mol. The van der Waals surface area contributed by atoms with Gasteiger partial charge in [0.1, 0.15) is 0 Å². The van der Waals surface area contributed by atoms with E-state index in [2.05, 4.69) is 13.2 Å². The Kier molecular flexibility index (Phi) is 7.87. The third kappa shape index (κ3) is 5.82. The van der Waals surface area contributed by atoms with Gasteiger partial charge in [0.05, 0.1) is 0 Å². The molecule has 0 radical (unpaired) electrons. The number of hydrogen-bond donors (Lipinski definition) is 1. The molecule has 3 heteroatoms. The van der Waals surface area contributed by atoms with E-state index in [4.69, 9.17) is 0 Å². The molecule has 1 N–H and O–H groups in total. The van der Waals surface area contributed by atoms with E-state index in [1.807, 2.05) is 54.6 Å². The normalized spacial score (nSPS) is 13.0. The van der Waals surface area contributed by atoms with Crippen molar-refractivity contribution in [3.63, 3.8) is 0 Å². The van der Waals surface area contributed by atoms with E-state index in [1.165, 1.54) is 0 Å². The van der Waals surface area contributed by atoms with Gasteiger partial charge in [-0.25, -0.2) is 0 Å². The van der Waals surface area contributed by atoms with Crippen LogP contribution in [0.5, 0.6) is 0 Å². The van der Waals surface area contributed by atoms with E-state index in [0.717, 1.165) is 28.4 Å². The molecule has 0 unspecified atom stereocenters. The molecular weight excluding hydrogens is 375 g/mol. The van der Waals surface area contributed by atoms with Crippen LogP contribution in [0.4, 0.5) is 0 Å². The van der Waals surface area contributed by atoms with E-state index in [1.54, 1.807) is 12.2 Å². The average Bonchev–Trinajstić information content (AvgIpc) is 2.63. The second kappa shape index (κ2) is 10.1. The second-order valence-corrected chi connectivity index (χ2v) is 8.08. The summed E-state index contributed by atoms with van der Waals surface area (Å²) >= 11 is -0.225. The zero-order chi connectivity index (χ0) is 18.1. The fraction of sp³-hybridized carbons (Fsp3) is 0.227. The summed E-state index contributed by atoms with van der Waals surface area (Å²) in [7, 11) is 0. The molecule has 0 aliphatic rings. The number of hydrogen-bond acceptors (Lipinski definition) is 2. The van der Waals surface area contributed by atoms with Gasteiger partial charge in [0.15, 0.2) is 0 Å². The molecule has 2 aromatic rings. The van der Waals surface area contributed by atoms with Crippen LogP contribution in [0.1, 0.15) is 28.8 Å². The van der Waals surface area contributed by atoms with Gasteiger partial charge < -0.3 is 0 Å². The van der Waals surface area contributed by atoms with Gasteiger partial charge in [0, 0.05) is 0 Å². The van der Waals surface area contributed by atoms with E-state index >= 15 is 0 Å². The van der Waals surface area contributed by atoms with Crippen LogP contribution in [0.25, 0.3) is 0 Å². The van der Waals surface area contributed by atoms with Crippen molar-refractivity contribution in [2.24, 2.45) is 5.92 Å². The van der Waals surface area contributed by atoms with Crippen molar-refractivity contribution in [3.8, 4) is 0 Å². The Morgan fingerprint density at radius 3 is 2.44 bits per heavy atom. The second-order valence-electron chi connectivity index (χ2n) is 5.89. The molecule has 0 spiro atoms. The Bertz CT molecular complexity index is 709. The topological polar surface area (TPSA) is 37.3 Å². The molecule has 0 bridgehead atoms. The number of carbonyl (C=O) groups is 1. The number of aryl methyl sites for hydroxylation is 1. The maximum absolute atomic E-state index is 12.7. The van der Waals surface area contributed by atoms with E-state index in [0.29, 0.717) is 6.42 Å². The van der Waals surface area contributed by atoms with Crippen molar-refractivity contribution in [1.82, 2.24) is 0 Å². The van der Waals surface area contributed by atoms with Gasteiger partial charge in [-0.2, -0.15) is 0 Å². The number of rotatable bonds is 10. The quantitative estimate of drug-likeness (QED) is 0.490. The van der Waals surface area contributed by atoms with Gasteiger partial charge in [0.2, 0.25) is 0 Å². The van der Waals surface area contributed by atoms with Crippen molar-refractivity contribution >= 4 is 24.1 Å². The van der Waals surface area contributed by atoms with Crippen LogP contribution in [0.15, 0.2) is 79.9 Å². The molecule has 0 aromatic heterocycles. The molecule has 0 aliphatic heterocycles. The summed E-state index contributed by atoms with van der Waals surface area (Å²) in [6.45, 7) is 7.51. The van der Waals surface area contributed by atoms with Crippen molar-refractivity contribution in [1.29, 1.82) is 0 Å². The molecule has 0 saturated heterocycles. The van der Waals surface area contributed by atoms with Crippen LogP contribution in [-0.4, -0.2) is 30.8 Å². The summed E-state index contributed by atoms with van der Waals surface area (Å²) in [5, 5.41) is 10.2. The number of benzene rings is 2. The SMILES string of the molecule is C=CC[C@H](O)[C@@H](C=C)CCc1ccccc1C(=O)[Se]c1ccccc1. The first-order valence-electron chi connectivity index (χ1n) is 8.42. The molecule has 2 nitrogen and oxygen atoms in total. The van der Waals surface area contributed by atoms with E-state index < -0.39 is 6.10 Å². The molecule has 0 aliphatic carbocycles. The van der Waals surface area contributed by atoms with Crippen LogP contribution in [0, 0.1) is 5.92 Å². The Morgan fingerprint density at radius 1 is 1.08 bits per heavy atom. The fourth-order valence-electron chi connectivity index (χ4n) is 2.72. The van der Waals surface area contributed by atoms with Gasteiger partial charge in [-0.1, -0.05) is 0 Å². The van der Waals surface area contributed by atoms with Gasteiger partial charge in [0.25, 0.3) is 0 Å². The summed E-state index contributed by atoms with van der Waals surface area (Å²) in [6.07, 6.45) is 5.12. The number of aliphatic hydroxyl groups is 1.